The molecule has 2 atom stereocenters. The van der Waals surface area contributed by atoms with E-state index in [1.165, 1.54) is 6.07 Å². The lowest BCUT2D eigenvalue weighted by molar-refractivity contribution is -0.385. The number of nitrogens with zero attached hydrogens (tertiary/aromatic N) is 2. The predicted molar refractivity (Wildman–Crippen MR) is 74.0 cm³/mol. The third-order valence-corrected chi connectivity index (χ3v) is 3.37. The molecule has 1 aromatic rings. The number of rotatable bonds is 6. The quantitative estimate of drug-likeness (QED) is 0.630. The van der Waals surface area contributed by atoms with Crippen LogP contribution in [0.4, 0.5) is 5.69 Å². The monoisotopic (exact) mass is 261 g/mol. The largest absolute Gasteiger partial charge is 0.314 e. The van der Waals surface area contributed by atoms with E-state index >= 15 is 0 Å². The van der Waals surface area contributed by atoms with Gasteiger partial charge in [0.25, 0.3) is 5.69 Å². The van der Waals surface area contributed by atoms with Gasteiger partial charge < -0.3 is 5.32 Å². The van der Waals surface area contributed by atoms with E-state index in [1.807, 2.05) is 13.0 Å². The standard InChI is InChI=1S/C14H19N3O2/c1-4-13(16-5-2)10(3)11-6-7-14(17(18)19)12(8-11)9-15/h6-8,10,13,16H,4-5H2,1-3H3. The summed E-state index contributed by atoms with van der Waals surface area (Å²) in [5.41, 5.74) is 0.950. The van der Waals surface area contributed by atoms with Crippen LogP contribution in [-0.4, -0.2) is 17.5 Å². The molecule has 0 aromatic heterocycles. The zero-order valence-electron chi connectivity index (χ0n) is 11.5. The van der Waals surface area contributed by atoms with Crippen LogP contribution in [0.15, 0.2) is 18.2 Å². The van der Waals surface area contributed by atoms with Gasteiger partial charge in [-0.15, -0.1) is 0 Å². The van der Waals surface area contributed by atoms with E-state index in [4.69, 9.17) is 5.26 Å². The third kappa shape index (κ3) is 3.52. The fraction of sp³-hybridized carbons (Fsp3) is 0.500. The number of benzene rings is 1. The van der Waals surface area contributed by atoms with Crippen LogP contribution < -0.4 is 5.32 Å². The van der Waals surface area contributed by atoms with Gasteiger partial charge in [0, 0.05) is 12.1 Å². The Balaban J connectivity index is 3.08. The SMILES string of the molecule is CCNC(CC)C(C)c1ccc([N+](=O)[O-])c(C#N)c1. The lowest BCUT2D eigenvalue weighted by atomic mass is 9.90. The molecule has 0 aliphatic heterocycles. The maximum Gasteiger partial charge on any atom is 0.287 e. The molecule has 1 aromatic carbocycles. The summed E-state index contributed by atoms with van der Waals surface area (Å²) in [6.45, 7) is 7.09. The Morgan fingerprint density at radius 3 is 2.63 bits per heavy atom. The molecule has 0 saturated carbocycles. The summed E-state index contributed by atoms with van der Waals surface area (Å²) in [6, 6.07) is 6.99. The summed E-state index contributed by atoms with van der Waals surface area (Å²) in [4.78, 5) is 10.3. The molecule has 0 aliphatic rings. The maximum absolute atomic E-state index is 10.8. The van der Waals surface area contributed by atoms with Gasteiger partial charge >= 0.3 is 0 Å². The highest BCUT2D eigenvalue weighted by atomic mass is 16.6. The maximum atomic E-state index is 10.8. The zero-order valence-corrected chi connectivity index (χ0v) is 11.5. The van der Waals surface area contributed by atoms with E-state index in [9.17, 15) is 10.1 Å². The fourth-order valence-electron chi connectivity index (χ4n) is 2.25. The van der Waals surface area contributed by atoms with Crippen molar-refractivity contribution in [3.8, 4) is 6.07 Å². The third-order valence-electron chi connectivity index (χ3n) is 3.37. The molecule has 1 rings (SSSR count). The molecule has 0 bridgehead atoms. The molecule has 5 nitrogen and oxygen atoms in total. The molecule has 0 fully saturated rings. The summed E-state index contributed by atoms with van der Waals surface area (Å²) >= 11 is 0. The minimum Gasteiger partial charge on any atom is -0.314 e. The van der Waals surface area contributed by atoms with Crippen molar-refractivity contribution in [1.29, 1.82) is 5.26 Å². The topological polar surface area (TPSA) is 79.0 Å². The number of nitriles is 1. The van der Waals surface area contributed by atoms with E-state index < -0.39 is 4.92 Å². The van der Waals surface area contributed by atoms with E-state index in [2.05, 4.69) is 19.2 Å². The van der Waals surface area contributed by atoms with Crippen LogP contribution in [0.5, 0.6) is 0 Å². The molecular formula is C14H19N3O2. The summed E-state index contributed by atoms with van der Waals surface area (Å²) in [5.74, 6) is 0.206. The van der Waals surface area contributed by atoms with Gasteiger partial charge in [0.05, 0.1) is 4.92 Å². The molecule has 0 amide bonds. The van der Waals surface area contributed by atoms with Gasteiger partial charge in [0.2, 0.25) is 0 Å². The van der Waals surface area contributed by atoms with Crippen LogP contribution in [-0.2, 0) is 0 Å². The second kappa shape index (κ2) is 6.86. The Morgan fingerprint density at radius 1 is 1.47 bits per heavy atom. The second-order valence-corrected chi connectivity index (χ2v) is 4.51. The first-order valence-corrected chi connectivity index (χ1v) is 6.46. The Bertz CT molecular complexity index is 494. The highest BCUT2D eigenvalue weighted by Gasteiger charge is 2.20. The Hall–Kier alpha value is -1.93. The van der Waals surface area contributed by atoms with Crippen molar-refractivity contribution in [2.24, 2.45) is 0 Å². The molecular weight excluding hydrogens is 242 g/mol. The molecule has 0 spiro atoms. The molecule has 2 unspecified atom stereocenters. The number of nitro groups is 1. The van der Waals surface area contributed by atoms with Gasteiger partial charge in [-0.3, -0.25) is 10.1 Å². The molecule has 5 heteroatoms. The molecule has 0 aliphatic carbocycles. The van der Waals surface area contributed by atoms with Gasteiger partial charge in [-0.25, -0.2) is 0 Å². The van der Waals surface area contributed by atoms with Gasteiger partial charge in [0.1, 0.15) is 11.6 Å². The lowest BCUT2D eigenvalue weighted by Gasteiger charge is -2.24. The van der Waals surface area contributed by atoms with Crippen LogP contribution in [0.3, 0.4) is 0 Å². The van der Waals surface area contributed by atoms with E-state index in [0.717, 1.165) is 18.5 Å². The Morgan fingerprint density at radius 2 is 2.16 bits per heavy atom. The van der Waals surface area contributed by atoms with Crippen LogP contribution >= 0.6 is 0 Å². The van der Waals surface area contributed by atoms with E-state index in [0.29, 0.717) is 6.04 Å². The molecule has 1 N–H and O–H groups in total. The van der Waals surface area contributed by atoms with Gasteiger partial charge in [0.15, 0.2) is 0 Å². The average Bonchev–Trinajstić information content (AvgIpc) is 2.43. The van der Waals surface area contributed by atoms with Crippen molar-refractivity contribution >= 4 is 5.69 Å². The van der Waals surface area contributed by atoms with E-state index in [1.54, 1.807) is 12.1 Å². The van der Waals surface area contributed by atoms with Crippen LogP contribution in [0.1, 0.15) is 44.2 Å². The van der Waals surface area contributed by atoms with E-state index in [-0.39, 0.29) is 17.2 Å². The Kier molecular flexibility index (Phi) is 5.46. The summed E-state index contributed by atoms with van der Waals surface area (Å²) in [5, 5.41) is 23.2. The zero-order chi connectivity index (χ0) is 14.4. The van der Waals surface area contributed by atoms with Crippen molar-refractivity contribution in [2.45, 2.75) is 39.2 Å². The van der Waals surface area contributed by atoms with Crippen LogP contribution in [0.2, 0.25) is 0 Å². The molecule has 19 heavy (non-hydrogen) atoms. The van der Waals surface area contributed by atoms with Gasteiger partial charge in [-0.1, -0.05) is 26.8 Å². The predicted octanol–water partition coefficient (Wildman–Crippen LogP) is 2.96. The highest BCUT2D eigenvalue weighted by molar-refractivity contribution is 5.51. The summed E-state index contributed by atoms with van der Waals surface area (Å²) in [6.07, 6.45) is 0.966. The normalized spacial score (nSPS) is 13.6. The average molecular weight is 261 g/mol. The number of nitrogens with one attached hydrogen (secondary N) is 1. The van der Waals surface area contributed by atoms with Crippen molar-refractivity contribution in [2.75, 3.05) is 6.54 Å². The summed E-state index contributed by atoms with van der Waals surface area (Å²) in [7, 11) is 0. The van der Waals surface area contributed by atoms with Crippen molar-refractivity contribution in [1.82, 2.24) is 5.32 Å². The number of nitro benzene ring substituents is 1. The Labute approximate surface area is 113 Å². The smallest absolute Gasteiger partial charge is 0.287 e. The highest BCUT2D eigenvalue weighted by Crippen LogP contribution is 2.26. The minimum absolute atomic E-state index is 0.126. The van der Waals surface area contributed by atoms with Gasteiger partial charge in [-0.2, -0.15) is 5.26 Å². The van der Waals surface area contributed by atoms with Crippen LogP contribution in [0, 0.1) is 21.4 Å². The minimum atomic E-state index is -0.519. The summed E-state index contributed by atoms with van der Waals surface area (Å²) < 4.78 is 0. The van der Waals surface area contributed by atoms with Crippen molar-refractivity contribution in [3.63, 3.8) is 0 Å². The van der Waals surface area contributed by atoms with Crippen molar-refractivity contribution in [3.05, 3.63) is 39.4 Å². The first-order valence-electron chi connectivity index (χ1n) is 6.46. The van der Waals surface area contributed by atoms with Gasteiger partial charge in [-0.05, 0) is 30.5 Å². The molecule has 0 radical (unpaired) electrons. The number of hydrogen-bond donors (Lipinski definition) is 1. The number of hydrogen-bond acceptors (Lipinski definition) is 4. The second-order valence-electron chi connectivity index (χ2n) is 4.51. The van der Waals surface area contributed by atoms with Crippen molar-refractivity contribution < 1.29 is 4.92 Å². The first-order chi connectivity index (χ1) is 9.04. The molecule has 0 heterocycles. The van der Waals surface area contributed by atoms with Crippen LogP contribution in [0.25, 0.3) is 0 Å². The first kappa shape index (κ1) is 15.1. The fourth-order valence-corrected chi connectivity index (χ4v) is 2.25. The lowest BCUT2D eigenvalue weighted by Crippen LogP contribution is -2.33. The number of likely N-dealkylation sites (N-methyl/N-ethyl adjacent to an activating group) is 1. The molecule has 0 saturated heterocycles. The molecule has 102 valence electrons.